The van der Waals surface area contributed by atoms with E-state index in [1.807, 2.05) is 26.0 Å². The van der Waals surface area contributed by atoms with E-state index < -0.39 is 22.5 Å². The highest BCUT2D eigenvalue weighted by atomic mass is 35.5. The highest BCUT2D eigenvalue weighted by Crippen LogP contribution is 2.28. The van der Waals surface area contributed by atoms with Crippen molar-refractivity contribution in [3.63, 3.8) is 0 Å². The molecule has 2 N–H and O–H groups in total. The smallest absolute Gasteiger partial charge is 0.264 e. The van der Waals surface area contributed by atoms with E-state index in [1.165, 1.54) is 18.3 Å². The second-order valence-corrected chi connectivity index (χ2v) is 12.1. The maximum Gasteiger partial charge on any atom is 0.264 e. The molecule has 0 atom stereocenters. The van der Waals surface area contributed by atoms with Crippen LogP contribution in [0.15, 0.2) is 101 Å². The second-order valence-electron chi connectivity index (χ2n) is 9.82. The van der Waals surface area contributed by atoms with E-state index in [0.29, 0.717) is 33.3 Å². The van der Waals surface area contributed by atoms with E-state index in [2.05, 4.69) is 15.8 Å². The number of hydrogen-bond acceptors (Lipinski definition) is 6. The molecule has 4 rings (SSSR count). The van der Waals surface area contributed by atoms with Crippen LogP contribution in [-0.4, -0.2) is 39.6 Å². The summed E-state index contributed by atoms with van der Waals surface area (Å²) >= 11 is 5.93. The van der Waals surface area contributed by atoms with Gasteiger partial charge in [-0.05, 0) is 98.1 Å². The molecule has 0 aromatic heterocycles. The minimum Gasteiger partial charge on any atom is -0.484 e. The quantitative estimate of drug-likeness (QED) is 0.167. The van der Waals surface area contributed by atoms with Crippen LogP contribution < -0.4 is 19.8 Å². The van der Waals surface area contributed by atoms with Gasteiger partial charge in [0.05, 0.1) is 16.8 Å². The lowest BCUT2D eigenvalue weighted by atomic mass is 10.1. The predicted molar refractivity (Wildman–Crippen MR) is 169 cm³/mol. The van der Waals surface area contributed by atoms with Crippen molar-refractivity contribution in [3.05, 3.63) is 118 Å². The monoisotopic (exact) mass is 618 g/mol. The van der Waals surface area contributed by atoms with Gasteiger partial charge in [-0.3, -0.25) is 13.9 Å². The van der Waals surface area contributed by atoms with Crippen molar-refractivity contribution in [3.8, 4) is 5.75 Å². The standard InChI is InChI=1S/C32H31ClN4O5S/c1-22-8-15-29(16-9-22)43(40,41)37(30-17-23(2)7-10-24(30)3)20-31(38)36-34-19-25-11-13-28(14-12-25)42-21-32(39)35-27-6-4-5-26(33)18-27/h4-19H,20-21H2,1-3H3,(H,35,39)(H,36,38)/b34-19-. The third-order valence-electron chi connectivity index (χ3n) is 6.29. The van der Waals surface area contributed by atoms with E-state index in [9.17, 15) is 18.0 Å². The maximum absolute atomic E-state index is 13.6. The number of ether oxygens (including phenoxy) is 1. The van der Waals surface area contributed by atoms with E-state index in [4.69, 9.17) is 16.3 Å². The molecule has 0 fully saturated rings. The number of anilines is 2. The van der Waals surface area contributed by atoms with Crippen LogP contribution in [0.25, 0.3) is 0 Å². The fourth-order valence-electron chi connectivity index (χ4n) is 4.03. The molecular weight excluding hydrogens is 588 g/mol. The number of amides is 2. The normalized spacial score (nSPS) is 11.3. The number of hydrogen-bond donors (Lipinski definition) is 2. The summed E-state index contributed by atoms with van der Waals surface area (Å²) < 4.78 is 33.9. The molecule has 9 nitrogen and oxygen atoms in total. The molecule has 4 aromatic carbocycles. The van der Waals surface area contributed by atoms with Crippen molar-refractivity contribution in [1.82, 2.24) is 5.43 Å². The molecule has 0 aliphatic rings. The lowest BCUT2D eigenvalue weighted by molar-refractivity contribution is -0.119. The van der Waals surface area contributed by atoms with Gasteiger partial charge in [-0.15, -0.1) is 0 Å². The summed E-state index contributed by atoms with van der Waals surface area (Å²) in [6, 6.07) is 25.4. The number of nitrogens with one attached hydrogen (secondary N) is 2. The SMILES string of the molecule is Cc1ccc(S(=O)(=O)N(CC(=O)N/N=C\c2ccc(OCC(=O)Nc3cccc(Cl)c3)cc2)c2cc(C)ccc2C)cc1. The van der Waals surface area contributed by atoms with Gasteiger partial charge < -0.3 is 10.1 Å². The first-order chi connectivity index (χ1) is 20.5. The van der Waals surface area contributed by atoms with Crippen LogP contribution in [0.1, 0.15) is 22.3 Å². The molecule has 0 saturated carbocycles. The van der Waals surface area contributed by atoms with Gasteiger partial charge in [0.25, 0.3) is 21.8 Å². The Morgan fingerprint density at radius 2 is 1.58 bits per heavy atom. The van der Waals surface area contributed by atoms with Crippen LogP contribution in [0.4, 0.5) is 11.4 Å². The lowest BCUT2D eigenvalue weighted by Gasteiger charge is -2.25. The molecule has 0 aliphatic heterocycles. The first-order valence-corrected chi connectivity index (χ1v) is 15.1. The van der Waals surface area contributed by atoms with Crippen LogP contribution in [0.3, 0.4) is 0 Å². The van der Waals surface area contributed by atoms with Gasteiger partial charge in [-0.2, -0.15) is 5.10 Å². The summed E-state index contributed by atoms with van der Waals surface area (Å²) in [5, 5.41) is 7.21. The summed E-state index contributed by atoms with van der Waals surface area (Å²) in [5.41, 5.74) is 6.53. The molecule has 0 bridgehead atoms. The average Bonchev–Trinajstić information content (AvgIpc) is 2.97. The Kier molecular flexibility index (Phi) is 10.2. The Labute approximate surface area is 256 Å². The van der Waals surface area contributed by atoms with E-state index in [-0.39, 0.29) is 17.4 Å². The number of carbonyl (C=O) groups is 2. The molecule has 4 aromatic rings. The molecule has 0 spiro atoms. The summed E-state index contributed by atoms with van der Waals surface area (Å²) in [7, 11) is -4.05. The van der Waals surface area contributed by atoms with E-state index in [0.717, 1.165) is 15.4 Å². The van der Waals surface area contributed by atoms with Crippen molar-refractivity contribution in [2.45, 2.75) is 25.7 Å². The van der Waals surface area contributed by atoms with Crippen LogP contribution in [0.5, 0.6) is 5.75 Å². The number of hydrazone groups is 1. The Hall–Kier alpha value is -4.67. The second kappa shape index (κ2) is 14.0. The van der Waals surface area contributed by atoms with Gasteiger partial charge in [0.2, 0.25) is 0 Å². The summed E-state index contributed by atoms with van der Waals surface area (Å²) in [5.74, 6) is -0.485. The largest absolute Gasteiger partial charge is 0.484 e. The third kappa shape index (κ3) is 8.67. The zero-order valence-corrected chi connectivity index (χ0v) is 25.4. The fourth-order valence-corrected chi connectivity index (χ4v) is 5.70. The number of carbonyl (C=O) groups excluding carboxylic acids is 2. The molecule has 0 radical (unpaired) electrons. The Balaban J connectivity index is 1.38. The average molecular weight is 619 g/mol. The molecule has 222 valence electrons. The van der Waals surface area contributed by atoms with Gasteiger partial charge >= 0.3 is 0 Å². The third-order valence-corrected chi connectivity index (χ3v) is 8.30. The Morgan fingerprint density at radius 3 is 2.28 bits per heavy atom. The minimum atomic E-state index is -4.05. The molecule has 0 heterocycles. The van der Waals surface area contributed by atoms with Crippen molar-refractivity contribution in [1.29, 1.82) is 0 Å². The first kappa shape index (κ1) is 31.3. The Bertz CT molecular complexity index is 1740. The lowest BCUT2D eigenvalue weighted by Crippen LogP contribution is -2.40. The van der Waals surface area contributed by atoms with Gasteiger partial charge in [0.15, 0.2) is 6.61 Å². The number of sulfonamides is 1. The summed E-state index contributed by atoms with van der Waals surface area (Å²) in [6.45, 7) is 4.85. The molecule has 2 amide bonds. The van der Waals surface area contributed by atoms with Crippen molar-refractivity contribution in [2.24, 2.45) is 5.10 Å². The number of nitrogens with zero attached hydrogens (tertiary/aromatic N) is 2. The van der Waals surface area contributed by atoms with Gasteiger partial charge in [-0.1, -0.05) is 47.5 Å². The van der Waals surface area contributed by atoms with Crippen molar-refractivity contribution < 1.29 is 22.7 Å². The zero-order chi connectivity index (χ0) is 31.0. The predicted octanol–water partition coefficient (Wildman–Crippen LogP) is 5.63. The molecule has 11 heteroatoms. The summed E-state index contributed by atoms with van der Waals surface area (Å²) in [6.07, 6.45) is 1.42. The highest BCUT2D eigenvalue weighted by molar-refractivity contribution is 7.92. The van der Waals surface area contributed by atoms with Gasteiger partial charge in [0.1, 0.15) is 12.3 Å². The van der Waals surface area contributed by atoms with Crippen LogP contribution in [-0.2, 0) is 19.6 Å². The van der Waals surface area contributed by atoms with Crippen molar-refractivity contribution in [2.75, 3.05) is 22.8 Å². The van der Waals surface area contributed by atoms with E-state index >= 15 is 0 Å². The first-order valence-electron chi connectivity index (χ1n) is 13.3. The maximum atomic E-state index is 13.6. The zero-order valence-electron chi connectivity index (χ0n) is 23.9. The van der Waals surface area contributed by atoms with Gasteiger partial charge in [-0.25, -0.2) is 13.8 Å². The molecule has 0 aliphatic carbocycles. The molecule has 43 heavy (non-hydrogen) atoms. The number of rotatable bonds is 11. The molecule has 0 saturated heterocycles. The number of halogens is 1. The minimum absolute atomic E-state index is 0.0829. The van der Waals surface area contributed by atoms with Gasteiger partial charge in [0, 0.05) is 10.7 Å². The topological polar surface area (TPSA) is 117 Å². The number of benzene rings is 4. The van der Waals surface area contributed by atoms with E-state index in [1.54, 1.807) is 73.7 Å². The van der Waals surface area contributed by atoms with Crippen LogP contribution in [0, 0.1) is 20.8 Å². The number of aryl methyl sites for hydroxylation is 3. The molecular formula is C32H31ClN4O5S. The van der Waals surface area contributed by atoms with Crippen LogP contribution >= 0.6 is 11.6 Å². The highest BCUT2D eigenvalue weighted by Gasteiger charge is 2.28. The van der Waals surface area contributed by atoms with Crippen molar-refractivity contribution >= 4 is 51.0 Å². The molecule has 0 unspecified atom stereocenters. The fraction of sp³-hybridized carbons (Fsp3) is 0.156. The Morgan fingerprint density at radius 1 is 0.884 bits per heavy atom. The summed E-state index contributed by atoms with van der Waals surface area (Å²) in [4.78, 5) is 25.1. The van der Waals surface area contributed by atoms with Crippen LogP contribution in [0.2, 0.25) is 5.02 Å².